The van der Waals surface area contributed by atoms with Crippen LogP contribution >= 0.6 is 27.5 Å². The zero-order valence-corrected chi connectivity index (χ0v) is 14.5. The molecule has 1 aliphatic heterocycles. The molecule has 0 bridgehead atoms. The van der Waals surface area contributed by atoms with Crippen molar-refractivity contribution in [1.82, 2.24) is 4.90 Å². The highest BCUT2D eigenvalue weighted by Crippen LogP contribution is 2.34. The summed E-state index contributed by atoms with van der Waals surface area (Å²) in [7, 11) is 0. The molecule has 1 aromatic carbocycles. The molecule has 0 aliphatic carbocycles. The van der Waals surface area contributed by atoms with Gasteiger partial charge in [-0.1, -0.05) is 47.3 Å². The summed E-state index contributed by atoms with van der Waals surface area (Å²) in [5, 5.41) is 0.783. The fourth-order valence-corrected chi connectivity index (χ4v) is 3.98. The van der Waals surface area contributed by atoms with Gasteiger partial charge in [-0.2, -0.15) is 0 Å². The fourth-order valence-electron chi connectivity index (χ4n) is 3.29. The van der Waals surface area contributed by atoms with Crippen LogP contribution in [0.2, 0.25) is 5.02 Å². The van der Waals surface area contributed by atoms with Crippen molar-refractivity contribution in [2.75, 3.05) is 13.1 Å². The van der Waals surface area contributed by atoms with Crippen molar-refractivity contribution in [2.24, 2.45) is 5.73 Å². The van der Waals surface area contributed by atoms with Gasteiger partial charge >= 0.3 is 0 Å². The van der Waals surface area contributed by atoms with Crippen molar-refractivity contribution >= 4 is 27.5 Å². The predicted molar refractivity (Wildman–Crippen MR) is 90.2 cm³/mol. The van der Waals surface area contributed by atoms with Gasteiger partial charge in [-0.3, -0.25) is 4.90 Å². The van der Waals surface area contributed by atoms with E-state index in [4.69, 9.17) is 17.3 Å². The molecule has 2 rings (SSSR count). The maximum absolute atomic E-state index is 6.17. The molecule has 1 fully saturated rings. The predicted octanol–water partition coefficient (Wildman–Crippen LogP) is 4.76. The summed E-state index contributed by atoms with van der Waals surface area (Å²) in [6.45, 7) is 4.05. The first-order valence-corrected chi connectivity index (χ1v) is 8.75. The summed E-state index contributed by atoms with van der Waals surface area (Å²) in [4.78, 5) is 2.60. The smallest absolute Gasteiger partial charge is 0.0485 e. The largest absolute Gasteiger partial charge is 0.329 e. The molecule has 2 N–H and O–H groups in total. The van der Waals surface area contributed by atoms with Gasteiger partial charge in [0.25, 0.3) is 0 Å². The van der Waals surface area contributed by atoms with Gasteiger partial charge in [0, 0.05) is 28.1 Å². The van der Waals surface area contributed by atoms with E-state index in [0.717, 1.165) is 16.0 Å². The van der Waals surface area contributed by atoms with Crippen LogP contribution < -0.4 is 5.73 Å². The summed E-state index contributed by atoms with van der Waals surface area (Å²) < 4.78 is 1.11. The van der Waals surface area contributed by atoms with Gasteiger partial charge in [0.2, 0.25) is 0 Å². The highest BCUT2D eigenvalue weighted by atomic mass is 79.9. The van der Waals surface area contributed by atoms with Gasteiger partial charge < -0.3 is 5.73 Å². The topological polar surface area (TPSA) is 29.3 Å². The van der Waals surface area contributed by atoms with E-state index in [1.54, 1.807) is 0 Å². The van der Waals surface area contributed by atoms with Gasteiger partial charge in [-0.15, -0.1) is 0 Å². The molecule has 1 saturated heterocycles. The normalized spacial score (nSPS) is 21.9. The van der Waals surface area contributed by atoms with Crippen molar-refractivity contribution in [3.8, 4) is 0 Å². The van der Waals surface area contributed by atoms with Crippen LogP contribution in [-0.2, 0) is 0 Å². The average molecular weight is 360 g/mol. The van der Waals surface area contributed by atoms with Crippen LogP contribution in [0.4, 0.5) is 0 Å². The highest BCUT2D eigenvalue weighted by Gasteiger charge is 2.29. The number of halogens is 2. The Hall–Kier alpha value is -0.0900. The average Bonchev–Trinajstić information content (AvgIpc) is 2.45. The van der Waals surface area contributed by atoms with E-state index in [-0.39, 0.29) is 6.04 Å². The standard InChI is InChI=1S/C16H24BrClN2/c1-2-5-13-6-3-4-9-20(13)16(11-19)14-10-12(18)7-8-15(14)17/h7-8,10,13,16H,2-6,9,11,19H2,1H3. The summed E-state index contributed by atoms with van der Waals surface area (Å²) in [5.74, 6) is 0. The van der Waals surface area contributed by atoms with Gasteiger partial charge in [-0.25, -0.2) is 0 Å². The molecule has 2 unspecified atom stereocenters. The number of hydrogen-bond acceptors (Lipinski definition) is 2. The minimum atomic E-state index is 0.264. The molecular formula is C16H24BrClN2. The van der Waals surface area contributed by atoms with Crippen molar-refractivity contribution in [1.29, 1.82) is 0 Å². The maximum atomic E-state index is 6.17. The number of nitrogens with zero attached hydrogens (tertiary/aromatic N) is 1. The summed E-state index contributed by atoms with van der Waals surface area (Å²) in [6.07, 6.45) is 6.40. The van der Waals surface area contributed by atoms with Crippen LogP contribution in [0.5, 0.6) is 0 Å². The number of piperidine rings is 1. The molecule has 0 spiro atoms. The van der Waals surface area contributed by atoms with Crippen LogP contribution in [0.1, 0.15) is 50.6 Å². The number of likely N-dealkylation sites (tertiary alicyclic amines) is 1. The molecule has 4 heteroatoms. The lowest BCUT2D eigenvalue weighted by Gasteiger charge is -2.41. The van der Waals surface area contributed by atoms with Crippen LogP contribution in [0.15, 0.2) is 22.7 Å². The molecule has 2 nitrogen and oxygen atoms in total. The lowest BCUT2D eigenvalue weighted by atomic mass is 9.93. The van der Waals surface area contributed by atoms with E-state index >= 15 is 0 Å². The van der Waals surface area contributed by atoms with Crippen molar-refractivity contribution in [3.05, 3.63) is 33.3 Å². The van der Waals surface area contributed by atoms with Crippen LogP contribution in [0.3, 0.4) is 0 Å². The van der Waals surface area contributed by atoms with Gasteiger partial charge in [0.15, 0.2) is 0 Å². The van der Waals surface area contributed by atoms with E-state index in [0.29, 0.717) is 12.6 Å². The quantitative estimate of drug-likeness (QED) is 0.821. The third kappa shape index (κ3) is 3.76. The number of benzene rings is 1. The van der Waals surface area contributed by atoms with Crippen LogP contribution in [0.25, 0.3) is 0 Å². The first-order valence-electron chi connectivity index (χ1n) is 7.58. The number of nitrogens with two attached hydrogens (primary N) is 1. The first kappa shape index (κ1) is 16.3. The summed E-state index contributed by atoms with van der Waals surface area (Å²) in [5.41, 5.74) is 7.33. The monoisotopic (exact) mass is 358 g/mol. The van der Waals surface area contributed by atoms with Gasteiger partial charge in [0.05, 0.1) is 0 Å². The van der Waals surface area contributed by atoms with E-state index in [1.807, 2.05) is 12.1 Å². The lowest BCUT2D eigenvalue weighted by molar-refractivity contribution is 0.0909. The maximum Gasteiger partial charge on any atom is 0.0485 e. The molecule has 2 atom stereocenters. The van der Waals surface area contributed by atoms with E-state index in [1.165, 1.54) is 37.7 Å². The molecule has 0 radical (unpaired) electrons. The van der Waals surface area contributed by atoms with Crippen molar-refractivity contribution in [3.63, 3.8) is 0 Å². The Kier molecular flexibility index (Phi) is 6.34. The number of hydrogen-bond donors (Lipinski definition) is 1. The van der Waals surface area contributed by atoms with Crippen molar-refractivity contribution in [2.45, 2.75) is 51.1 Å². The van der Waals surface area contributed by atoms with Crippen LogP contribution in [0, 0.1) is 0 Å². The Bertz CT molecular complexity index is 436. The zero-order chi connectivity index (χ0) is 14.5. The molecule has 0 saturated carbocycles. The molecule has 112 valence electrons. The van der Waals surface area contributed by atoms with E-state index in [2.05, 4.69) is 33.8 Å². The number of rotatable bonds is 5. The second-order valence-corrected chi connectivity index (χ2v) is 6.88. The minimum absolute atomic E-state index is 0.264. The minimum Gasteiger partial charge on any atom is -0.329 e. The van der Waals surface area contributed by atoms with Gasteiger partial charge in [-0.05, 0) is 49.6 Å². The fraction of sp³-hybridized carbons (Fsp3) is 0.625. The Labute approximate surface area is 135 Å². The van der Waals surface area contributed by atoms with E-state index < -0.39 is 0 Å². The van der Waals surface area contributed by atoms with E-state index in [9.17, 15) is 0 Å². The molecule has 0 amide bonds. The Morgan fingerprint density at radius 3 is 2.95 bits per heavy atom. The molecule has 1 aliphatic rings. The third-order valence-electron chi connectivity index (χ3n) is 4.24. The SMILES string of the molecule is CCCC1CCCCN1C(CN)c1cc(Cl)ccc1Br. The molecule has 0 aromatic heterocycles. The van der Waals surface area contributed by atoms with Crippen molar-refractivity contribution < 1.29 is 0 Å². The lowest BCUT2D eigenvalue weighted by Crippen LogP contribution is -2.44. The highest BCUT2D eigenvalue weighted by molar-refractivity contribution is 9.10. The molecule has 1 aromatic rings. The van der Waals surface area contributed by atoms with Crippen LogP contribution in [-0.4, -0.2) is 24.0 Å². The third-order valence-corrected chi connectivity index (χ3v) is 5.19. The Balaban J connectivity index is 2.27. The Morgan fingerprint density at radius 2 is 2.25 bits per heavy atom. The molecule has 20 heavy (non-hydrogen) atoms. The zero-order valence-electron chi connectivity index (χ0n) is 12.1. The summed E-state index contributed by atoms with van der Waals surface area (Å²) >= 11 is 9.83. The first-order chi connectivity index (χ1) is 9.67. The summed E-state index contributed by atoms with van der Waals surface area (Å²) in [6, 6.07) is 6.93. The molecular weight excluding hydrogens is 336 g/mol. The molecule has 1 heterocycles. The van der Waals surface area contributed by atoms with Gasteiger partial charge in [0.1, 0.15) is 0 Å². The second-order valence-electron chi connectivity index (χ2n) is 5.59. The second kappa shape index (κ2) is 7.79. The Morgan fingerprint density at radius 1 is 1.45 bits per heavy atom.